The van der Waals surface area contributed by atoms with Crippen LogP contribution in [0.15, 0.2) is 4.99 Å². The van der Waals surface area contributed by atoms with Gasteiger partial charge in [-0.1, -0.05) is 6.92 Å². The van der Waals surface area contributed by atoms with Gasteiger partial charge in [0.1, 0.15) is 0 Å². The van der Waals surface area contributed by atoms with E-state index in [2.05, 4.69) is 27.4 Å². The zero-order valence-electron chi connectivity index (χ0n) is 14.3. The first-order valence-corrected chi connectivity index (χ1v) is 8.03. The molecule has 7 heteroatoms. The van der Waals surface area contributed by atoms with Crippen LogP contribution in [-0.2, 0) is 9.47 Å². The second-order valence-electron chi connectivity index (χ2n) is 5.39. The van der Waals surface area contributed by atoms with E-state index in [-0.39, 0.29) is 24.0 Å². The zero-order chi connectivity index (χ0) is 15.3. The monoisotopic (exact) mass is 428 g/mol. The van der Waals surface area contributed by atoms with Crippen LogP contribution in [0.1, 0.15) is 19.8 Å². The molecule has 1 saturated heterocycles. The maximum atomic E-state index is 5.42. The van der Waals surface area contributed by atoms with Crippen molar-refractivity contribution in [2.45, 2.75) is 19.8 Å². The number of aliphatic imine (C=N–C) groups is 1. The lowest BCUT2D eigenvalue weighted by molar-refractivity contribution is 0.0698. The fraction of sp³-hybridized carbons (Fsp3) is 0.933. The van der Waals surface area contributed by atoms with Crippen LogP contribution in [0.2, 0.25) is 0 Å². The van der Waals surface area contributed by atoms with E-state index < -0.39 is 0 Å². The molecule has 1 fully saturated rings. The Morgan fingerprint density at radius 1 is 1.27 bits per heavy atom. The van der Waals surface area contributed by atoms with Gasteiger partial charge in [0.2, 0.25) is 0 Å². The van der Waals surface area contributed by atoms with Crippen molar-refractivity contribution >= 4 is 29.9 Å². The lowest BCUT2D eigenvalue weighted by atomic mass is 10.1. The lowest BCUT2D eigenvalue weighted by Crippen LogP contribution is -2.40. The van der Waals surface area contributed by atoms with Crippen LogP contribution in [0.5, 0.6) is 0 Å². The van der Waals surface area contributed by atoms with E-state index in [1.54, 1.807) is 7.11 Å². The summed E-state index contributed by atoms with van der Waals surface area (Å²) < 4.78 is 10.4. The topological polar surface area (TPSA) is 58.1 Å². The van der Waals surface area contributed by atoms with Crippen LogP contribution in [0.3, 0.4) is 0 Å². The Kier molecular flexibility index (Phi) is 14.4. The summed E-state index contributed by atoms with van der Waals surface area (Å²) in [5.41, 5.74) is 0. The highest BCUT2D eigenvalue weighted by atomic mass is 127. The van der Waals surface area contributed by atoms with E-state index in [9.17, 15) is 0 Å². The summed E-state index contributed by atoms with van der Waals surface area (Å²) in [4.78, 5) is 6.76. The minimum absolute atomic E-state index is 0. The van der Waals surface area contributed by atoms with E-state index in [0.29, 0.717) is 13.2 Å². The number of guanidine groups is 1. The minimum atomic E-state index is 0. The molecule has 1 heterocycles. The van der Waals surface area contributed by atoms with Gasteiger partial charge < -0.3 is 25.0 Å². The molecule has 1 aliphatic heterocycles. The number of ether oxygens (including phenoxy) is 2. The molecule has 2 N–H and O–H groups in total. The molecular formula is C15H33IN4O2. The van der Waals surface area contributed by atoms with Gasteiger partial charge in [-0.25, -0.2) is 0 Å². The summed E-state index contributed by atoms with van der Waals surface area (Å²) >= 11 is 0. The molecule has 1 unspecified atom stereocenters. The molecule has 1 atom stereocenters. The first kappa shape index (κ1) is 21.9. The molecule has 132 valence electrons. The van der Waals surface area contributed by atoms with Gasteiger partial charge >= 0.3 is 0 Å². The van der Waals surface area contributed by atoms with Crippen molar-refractivity contribution in [1.82, 2.24) is 15.5 Å². The van der Waals surface area contributed by atoms with Gasteiger partial charge in [-0.2, -0.15) is 0 Å². The van der Waals surface area contributed by atoms with E-state index in [1.165, 1.54) is 19.5 Å². The highest BCUT2D eigenvalue weighted by Gasteiger charge is 2.20. The van der Waals surface area contributed by atoms with Gasteiger partial charge in [-0.15, -0.1) is 24.0 Å². The van der Waals surface area contributed by atoms with E-state index in [0.717, 1.165) is 44.5 Å². The van der Waals surface area contributed by atoms with Crippen LogP contribution in [0.4, 0.5) is 0 Å². The number of methoxy groups -OCH3 is 1. The Hall–Kier alpha value is -0.120. The van der Waals surface area contributed by atoms with Crippen LogP contribution < -0.4 is 10.6 Å². The minimum Gasteiger partial charge on any atom is -0.382 e. The van der Waals surface area contributed by atoms with Crippen LogP contribution in [0.25, 0.3) is 0 Å². The average Bonchev–Trinajstić information content (AvgIpc) is 2.97. The number of halogens is 1. The molecule has 0 spiro atoms. The van der Waals surface area contributed by atoms with Gasteiger partial charge in [0, 0.05) is 40.4 Å². The Balaban J connectivity index is 0.00000441. The maximum absolute atomic E-state index is 5.42. The van der Waals surface area contributed by atoms with Crippen molar-refractivity contribution in [1.29, 1.82) is 0 Å². The van der Waals surface area contributed by atoms with Gasteiger partial charge in [0.15, 0.2) is 5.96 Å². The van der Waals surface area contributed by atoms with Crippen LogP contribution >= 0.6 is 24.0 Å². The average molecular weight is 428 g/mol. The van der Waals surface area contributed by atoms with Crippen LogP contribution in [0, 0.1) is 5.92 Å². The zero-order valence-corrected chi connectivity index (χ0v) is 16.6. The Bertz CT molecular complexity index is 293. The van der Waals surface area contributed by atoms with Crippen molar-refractivity contribution in [3.63, 3.8) is 0 Å². The number of rotatable bonds is 10. The summed E-state index contributed by atoms with van der Waals surface area (Å²) in [6.45, 7) is 9.77. The van der Waals surface area contributed by atoms with Crippen molar-refractivity contribution in [2.75, 3.05) is 66.7 Å². The Morgan fingerprint density at radius 3 is 2.73 bits per heavy atom. The fourth-order valence-electron chi connectivity index (χ4n) is 2.45. The number of hydrogen-bond donors (Lipinski definition) is 2. The molecule has 0 radical (unpaired) electrons. The van der Waals surface area contributed by atoms with Crippen molar-refractivity contribution in [3.05, 3.63) is 0 Å². The molecule has 1 aliphatic rings. The summed E-state index contributed by atoms with van der Waals surface area (Å²) in [6.07, 6.45) is 2.25. The summed E-state index contributed by atoms with van der Waals surface area (Å²) in [6, 6.07) is 0. The first-order chi connectivity index (χ1) is 10.3. The molecule has 0 aromatic rings. The Morgan fingerprint density at radius 2 is 2.09 bits per heavy atom. The highest BCUT2D eigenvalue weighted by molar-refractivity contribution is 14.0. The third-order valence-corrected chi connectivity index (χ3v) is 3.79. The largest absolute Gasteiger partial charge is 0.382 e. The number of hydrogen-bond acceptors (Lipinski definition) is 4. The molecule has 0 aromatic carbocycles. The molecule has 0 saturated carbocycles. The molecule has 0 bridgehead atoms. The highest BCUT2D eigenvalue weighted by Crippen LogP contribution is 2.14. The van der Waals surface area contributed by atoms with Crippen molar-refractivity contribution in [3.8, 4) is 0 Å². The predicted molar refractivity (Wildman–Crippen MR) is 102 cm³/mol. The molecule has 22 heavy (non-hydrogen) atoms. The predicted octanol–water partition coefficient (Wildman–Crippen LogP) is 1.16. The van der Waals surface area contributed by atoms with E-state index in [1.807, 2.05) is 7.05 Å². The molecular weight excluding hydrogens is 395 g/mol. The number of likely N-dealkylation sites (tertiary alicyclic amines) is 1. The van der Waals surface area contributed by atoms with Crippen molar-refractivity contribution < 1.29 is 9.47 Å². The normalized spacial score (nSPS) is 19.0. The molecule has 6 nitrogen and oxygen atoms in total. The summed E-state index contributed by atoms with van der Waals surface area (Å²) in [7, 11) is 3.50. The van der Waals surface area contributed by atoms with Gasteiger partial charge in [0.25, 0.3) is 0 Å². The maximum Gasteiger partial charge on any atom is 0.190 e. The van der Waals surface area contributed by atoms with Gasteiger partial charge in [-0.3, -0.25) is 4.99 Å². The van der Waals surface area contributed by atoms with Crippen molar-refractivity contribution in [2.24, 2.45) is 10.9 Å². The van der Waals surface area contributed by atoms with E-state index in [4.69, 9.17) is 9.47 Å². The fourth-order valence-corrected chi connectivity index (χ4v) is 2.45. The molecule has 0 amide bonds. The standard InChI is InChI=1S/C15H32N4O2.HI/c1-4-19-8-6-14(13-19)12-18-15(16-2)17-7-5-9-21-11-10-20-3;/h14H,4-13H2,1-3H3,(H2,16,17,18);1H. The first-order valence-electron chi connectivity index (χ1n) is 8.03. The Labute approximate surface area is 152 Å². The third kappa shape index (κ3) is 9.81. The number of nitrogens with one attached hydrogen (secondary N) is 2. The SMILES string of the molecule is CCN1CCC(CNC(=NC)NCCCOCCOC)C1.I. The summed E-state index contributed by atoms with van der Waals surface area (Å²) in [5, 5.41) is 6.74. The smallest absolute Gasteiger partial charge is 0.190 e. The quantitative estimate of drug-likeness (QED) is 0.237. The lowest BCUT2D eigenvalue weighted by Gasteiger charge is -2.16. The molecule has 0 aliphatic carbocycles. The second-order valence-corrected chi connectivity index (χ2v) is 5.39. The molecule has 0 aromatic heterocycles. The summed E-state index contributed by atoms with van der Waals surface area (Å²) in [5.74, 6) is 1.63. The van der Waals surface area contributed by atoms with E-state index >= 15 is 0 Å². The second kappa shape index (κ2) is 14.5. The third-order valence-electron chi connectivity index (χ3n) is 3.79. The van der Waals surface area contributed by atoms with Gasteiger partial charge in [0.05, 0.1) is 13.2 Å². The van der Waals surface area contributed by atoms with Gasteiger partial charge in [-0.05, 0) is 31.8 Å². The molecule has 1 rings (SSSR count). The van der Waals surface area contributed by atoms with Crippen LogP contribution in [-0.4, -0.2) is 77.6 Å². The number of nitrogens with zero attached hydrogens (tertiary/aromatic N) is 2.